The third-order valence-electron chi connectivity index (χ3n) is 8.52. The van der Waals surface area contributed by atoms with Crippen LogP contribution < -0.4 is 0 Å². The molecule has 2 aromatic rings. The summed E-state index contributed by atoms with van der Waals surface area (Å²) in [5.74, 6) is 1.33. The van der Waals surface area contributed by atoms with Crippen molar-refractivity contribution < 1.29 is 12.8 Å². The van der Waals surface area contributed by atoms with Gasteiger partial charge in [0, 0.05) is 31.0 Å². The maximum Gasteiger partial charge on any atom is 0.217 e. The van der Waals surface area contributed by atoms with E-state index in [2.05, 4.69) is 23.1 Å². The number of halogens is 1. The molecule has 0 radical (unpaired) electrons. The number of hydrogen-bond acceptors (Lipinski definition) is 3. The van der Waals surface area contributed by atoms with Crippen LogP contribution in [0.4, 0.5) is 4.39 Å². The molecule has 0 amide bonds. The van der Waals surface area contributed by atoms with Crippen molar-refractivity contribution in [1.82, 2.24) is 9.21 Å². The Morgan fingerprint density at radius 1 is 1.03 bits per heavy atom. The van der Waals surface area contributed by atoms with Gasteiger partial charge in [-0.2, -0.15) is 0 Å². The highest BCUT2D eigenvalue weighted by atomic mass is 32.2. The second-order valence-corrected chi connectivity index (χ2v) is 13.0. The first-order valence-electron chi connectivity index (χ1n) is 13.2. The summed E-state index contributed by atoms with van der Waals surface area (Å²) in [7, 11) is -3.22. The van der Waals surface area contributed by atoms with E-state index in [-0.39, 0.29) is 17.5 Å². The number of fused-ring (bicyclic) bond motifs is 1. The van der Waals surface area contributed by atoms with Crippen LogP contribution in [-0.4, -0.2) is 55.6 Å². The molecule has 4 aliphatic rings. The fraction of sp³-hybridized carbons (Fsp3) is 0.517. The van der Waals surface area contributed by atoms with Gasteiger partial charge < -0.3 is 0 Å². The SMILES string of the molecule is O=S(=O)(CC=CCC1CC1)N1CC(c2ccc3c(c2)C(Cc2cccc(F)c2)C(N2CCC2)C3)C1. The third-order valence-corrected chi connectivity index (χ3v) is 10.2. The molecule has 6 rings (SSSR count). The Morgan fingerprint density at radius 2 is 1.86 bits per heavy atom. The van der Waals surface area contributed by atoms with Crippen molar-refractivity contribution >= 4 is 10.0 Å². The molecule has 186 valence electrons. The average molecular weight is 495 g/mol. The molecule has 2 heterocycles. The molecule has 0 N–H and O–H groups in total. The van der Waals surface area contributed by atoms with Gasteiger partial charge in [0.05, 0.1) is 5.75 Å². The van der Waals surface area contributed by atoms with Gasteiger partial charge in [0.2, 0.25) is 10.0 Å². The minimum absolute atomic E-state index is 0.115. The van der Waals surface area contributed by atoms with Crippen LogP contribution >= 0.6 is 0 Å². The summed E-state index contributed by atoms with van der Waals surface area (Å²) in [5, 5.41) is 0. The molecule has 2 saturated heterocycles. The Kier molecular flexibility index (Phi) is 6.32. The molecule has 3 fully saturated rings. The van der Waals surface area contributed by atoms with Gasteiger partial charge >= 0.3 is 0 Å². The van der Waals surface area contributed by atoms with Gasteiger partial charge in [0.1, 0.15) is 5.82 Å². The summed E-state index contributed by atoms with van der Waals surface area (Å²) in [4.78, 5) is 2.58. The fourth-order valence-electron chi connectivity index (χ4n) is 6.01. The summed E-state index contributed by atoms with van der Waals surface area (Å²) in [5.41, 5.74) is 5.08. The van der Waals surface area contributed by atoms with E-state index in [0.29, 0.717) is 25.0 Å². The zero-order chi connectivity index (χ0) is 24.0. The number of hydrogen-bond donors (Lipinski definition) is 0. The molecule has 4 nitrogen and oxygen atoms in total. The minimum Gasteiger partial charge on any atom is -0.299 e. The van der Waals surface area contributed by atoms with E-state index < -0.39 is 10.0 Å². The van der Waals surface area contributed by atoms with Crippen LogP contribution in [-0.2, 0) is 22.9 Å². The monoisotopic (exact) mass is 494 g/mol. The Morgan fingerprint density at radius 3 is 2.57 bits per heavy atom. The van der Waals surface area contributed by atoms with E-state index in [9.17, 15) is 12.8 Å². The first kappa shape index (κ1) is 23.4. The number of benzene rings is 2. The molecule has 2 aliphatic carbocycles. The lowest BCUT2D eigenvalue weighted by Gasteiger charge is -2.40. The predicted octanol–water partition coefficient (Wildman–Crippen LogP) is 4.87. The Balaban J connectivity index is 1.15. The predicted molar refractivity (Wildman–Crippen MR) is 138 cm³/mol. The highest BCUT2D eigenvalue weighted by molar-refractivity contribution is 7.89. The van der Waals surface area contributed by atoms with Crippen LogP contribution in [0.1, 0.15) is 59.8 Å². The van der Waals surface area contributed by atoms with Gasteiger partial charge in [-0.1, -0.05) is 42.5 Å². The lowest BCUT2D eigenvalue weighted by atomic mass is 9.86. The Hall–Kier alpha value is -2.02. The Labute approximate surface area is 208 Å². The maximum atomic E-state index is 13.9. The molecule has 0 spiro atoms. The van der Waals surface area contributed by atoms with Crippen molar-refractivity contribution in [1.29, 1.82) is 0 Å². The van der Waals surface area contributed by atoms with Crippen molar-refractivity contribution in [2.45, 2.75) is 56.4 Å². The van der Waals surface area contributed by atoms with E-state index >= 15 is 0 Å². The smallest absolute Gasteiger partial charge is 0.217 e. The van der Waals surface area contributed by atoms with Crippen molar-refractivity contribution in [3.63, 3.8) is 0 Å². The summed E-state index contributed by atoms with van der Waals surface area (Å²) in [6, 6.07) is 14.3. The highest BCUT2D eigenvalue weighted by Gasteiger charge is 2.40. The molecule has 35 heavy (non-hydrogen) atoms. The quantitative estimate of drug-likeness (QED) is 0.467. The van der Waals surface area contributed by atoms with Crippen LogP contribution in [0.5, 0.6) is 0 Å². The fourth-order valence-corrected chi connectivity index (χ4v) is 7.41. The van der Waals surface area contributed by atoms with Crippen LogP contribution in [0.2, 0.25) is 0 Å². The van der Waals surface area contributed by atoms with Crippen LogP contribution in [0.3, 0.4) is 0 Å². The number of sulfonamides is 1. The van der Waals surface area contributed by atoms with Gasteiger partial charge in [-0.3, -0.25) is 4.90 Å². The first-order chi connectivity index (χ1) is 17.0. The van der Waals surface area contributed by atoms with E-state index in [1.807, 2.05) is 18.2 Å². The van der Waals surface area contributed by atoms with E-state index in [0.717, 1.165) is 43.8 Å². The number of rotatable bonds is 9. The van der Waals surface area contributed by atoms with Crippen molar-refractivity contribution in [2.24, 2.45) is 5.92 Å². The normalized spacial score (nSPS) is 25.5. The van der Waals surface area contributed by atoms with Crippen LogP contribution in [0.15, 0.2) is 54.6 Å². The molecule has 0 bridgehead atoms. The Bertz CT molecular complexity index is 1210. The van der Waals surface area contributed by atoms with Crippen molar-refractivity contribution in [3.8, 4) is 0 Å². The number of likely N-dealkylation sites (tertiary alicyclic amines) is 1. The van der Waals surface area contributed by atoms with Gasteiger partial charge in [0.25, 0.3) is 0 Å². The molecular formula is C29H35FN2O2S. The molecule has 0 aromatic heterocycles. The van der Waals surface area contributed by atoms with Crippen LogP contribution in [0, 0.1) is 11.7 Å². The molecule has 6 heteroatoms. The number of nitrogens with zero attached hydrogens (tertiary/aromatic N) is 2. The lowest BCUT2D eigenvalue weighted by Crippen LogP contribution is -2.49. The highest BCUT2D eigenvalue weighted by Crippen LogP contribution is 2.42. The third kappa shape index (κ3) is 4.98. The summed E-state index contributed by atoms with van der Waals surface area (Å²) in [6.45, 7) is 3.44. The van der Waals surface area contributed by atoms with Gasteiger partial charge in [-0.15, -0.1) is 0 Å². The zero-order valence-corrected chi connectivity index (χ0v) is 21.1. The maximum absolute atomic E-state index is 13.9. The summed E-state index contributed by atoms with van der Waals surface area (Å²) < 4.78 is 41.0. The largest absolute Gasteiger partial charge is 0.299 e. The summed E-state index contributed by atoms with van der Waals surface area (Å²) in [6.07, 6.45) is 10.6. The van der Waals surface area contributed by atoms with E-state index in [1.165, 1.54) is 42.0 Å². The molecule has 2 atom stereocenters. The lowest BCUT2D eigenvalue weighted by molar-refractivity contribution is 0.106. The minimum atomic E-state index is -3.22. The summed E-state index contributed by atoms with van der Waals surface area (Å²) >= 11 is 0. The van der Waals surface area contributed by atoms with E-state index in [1.54, 1.807) is 16.4 Å². The molecule has 2 aliphatic heterocycles. The second kappa shape index (κ2) is 9.45. The zero-order valence-electron chi connectivity index (χ0n) is 20.3. The van der Waals surface area contributed by atoms with Crippen molar-refractivity contribution in [2.75, 3.05) is 31.9 Å². The second-order valence-electron chi connectivity index (χ2n) is 11.0. The molecule has 1 saturated carbocycles. The number of allylic oxidation sites excluding steroid dienone is 1. The topological polar surface area (TPSA) is 40.6 Å². The average Bonchev–Trinajstić information content (AvgIpc) is 3.52. The molecular weight excluding hydrogens is 459 g/mol. The van der Waals surface area contributed by atoms with Gasteiger partial charge in [-0.25, -0.2) is 17.1 Å². The molecule has 2 aromatic carbocycles. The van der Waals surface area contributed by atoms with Gasteiger partial charge in [-0.05, 0) is 91.9 Å². The standard InChI is InChI=1S/C29H35FN2O2S/c30-26-7-3-6-22(15-26)16-28-27-17-23(10-11-24(27)18-29(28)31-12-4-13-31)25-19-32(20-25)35(33,34)14-2-1-5-21-8-9-21/h1-3,6-7,10-11,15,17,21,25,28-29H,4-5,8-9,12-14,16,18-20H2. The molecule has 2 unspecified atom stereocenters. The first-order valence-corrected chi connectivity index (χ1v) is 14.8. The van der Waals surface area contributed by atoms with Crippen LogP contribution in [0.25, 0.3) is 0 Å². The van der Waals surface area contributed by atoms with Gasteiger partial charge in [0.15, 0.2) is 0 Å². The van der Waals surface area contributed by atoms with Crippen molar-refractivity contribution in [3.05, 3.63) is 82.7 Å². The van der Waals surface area contributed by atoms with E-state index in [4.69, 9.17) is 0 Å².